The molecule has 4 rings (SSSR count). The van der Waals surface area contributed by atoms with Crippen molar-refractivity contribution >= 4 is 10.9 Å². The van der Waals surface area contributed by atoms with E-state index in [1.165, 1.54) is 22.8 Å². The van der Waals surface area contributed by atoms with Crippen molar-refractivity contribution in [3.05, 3.63) is 70.7 Å². The number of fused-ring (bicyclic) bond motifs is 2. The lowest BCUT2D eigenvalue weighted by Crippen LogP contribution is -2.13. The number of rotatable bonds is 2. The number of hydrogen-bond donors (Lipinski definition) is 2. The predicted molar refractivity (Wildman–Crippen MR) is 87.7 cm³/mol. The highest BCUT2D eigenvalue weighted by molar-refractivity contribution is 5.86. The lowest BCUT2D eigenvalue weighted by atomic mass is 9.90. The summed E-state index contributed by atoms with van der Waals surface area (Å²) in [6.45, 7) is 2.09. The van der Waals surface area contributed by atoms with E-state index in [4.69, 9.17) is 0 Å². The highest BCUT2D eigenvalue weighted by Gasteiger charge is 2.33. The molecule has 0 saturated heterocycles. The third-order valence-electron chi connectivity index (χ3n) is 4.91. The van der Waals surface area contributed by atoms with E-state index in [2.05, 4.69) is 41.5 Å². The van der Waals surface area contributed by atoms with Gasteiger partial charge in [-0.1, -0.05) is 24.3 Å². The van der Waals surface area contributed by atoms with E-state index in [9.17, 15) is 4.39 Å². The largest absolute Gasteiger partial charge is 0.358 e. The van der Waals surface area contributed by atoms with Crippen molar-refractivity contribution in [2.45, 2.75) is 25.3 Å². The molecule has 22 heavy (non-hydrogen) atoms. The SMILES string of the molecule is CNC1CC(c2c(C)[nH]c3ccc(F)cc23)c2ccccc21. The van der Waals surface area contributed by atoms with Crippen molar-refractivity contribution in [2.24, 2.45) is 0 Å². The van der Waals surface area contributed by atoms with Crippen LogP contribution in [0.2, 0.25) is 0 Å². The first-order valence-corrected chi connectivity index (χ1v) is 7.73. The number of aromatic nitrogens is 1. The molecule has 0 fully saturated rings. The van der Waals surface area contributed by atoms with Gasteiger partial charge in [-0.2, -0.15) is 0 Å². The summed E-state index contributed by atoms with van der Waals surface area (Å²) in [6, 6.07) is 13.9. The molecule has 1 aliphatic carbocycles. The highest BCUT2D eigenvalue weighted by Crippen LogP contribution is 2.46. The fraction of sp³-hybridized carbons (Fsp3) is 0.263. The molecule has 2 nitrogen and oxygen atoms in total. The van der Waals surface area contributed by atoms with E-state index < -0.39 is 0 Å². The van der Waals surface area contributed by atoms with E-state index >= 15 is 0 Å². The first kappa shape index (κ1) is 13.5. The van der Waals surface area contributed by atoms with Crippen LogP contribution in [-0.2, 0) is 0 Å². The molecule has 1 aliphatic rings. The topological polar surface area (TPSA) is 27.8 Å². The maximum Gasteiger partial charge on any atom is 0.123 e. The average molecular weight is 294 g/mol. The Morgan fingerprint density at radius 1 is 1.14 bits per heavy atom. The summed E-state index contributed by atoms with van der Waals surface area (Å²) >= 11 is 0. The van der Waals surface area contributed by atoms with Gasteiger partial charge in [-0.15, -0.1) is 0 Å². The molecule has 0 aliphatic heterocycles. The van der Waals surface area contributed by atoms with Crippen LogP contribution in [0.15, 0.2) is 42.5 Å². The van der Waals surface area contributed by atoms with Gasteiger partial charge in [0.05, 0.1) is 0 Å². The number of halogens is 1. The second kappa shape index (κ2) is 4.96. The standard InChI is InChI=1S/C19H19FN2/c1-11-19(16-9-12(20)7-8-17(16)22-11)15-10-18(21-2)14-6-4-3-5-13(14)15/h3-9,15,18,21-22H,10H2,1-2H3. The maximum absolute atomic E-state index is 13.7. The molecule has 1 aromatic heterocycles. The van der Waals surface area contributed by atoms with Crippen LogP contribution in [0.1, 0.15) is 40.8 Å². The second-order valence-corrected chi connectivity index (χ2v) is 6.11. The molecule has 0 amide bonds. The van der Waals surface area contributed by atoms with Gasteiger partial charge in [0.2, 0.25) is 0 Å². The van der Waals surface area contributed by atoms with Gasteiger partial charge in [0.1, 0.15) is 5.82 Å². The Balaban J connectivity index is 1.93. The Kier molecular flexibility index (Phi) is 3.05. The van der Waals surface area contributed by atoms with Gasteiger partial charge in [0.25, 0.3) is 0 Å². The van der Waals surface area contributed by atoms with Gasteiger partial charge < -0.3 is 10.3 Å². The first-order chi connectivity index (χ1) is 10.7. The Hall–Kier alpha value is -2.13. The van der Waals surface area contributed by atoms with Crippen LogP contribution < -0.4 is 5.32 Å². The summed E-state index contributed by atoms with van der Waals surface area (Å²) in [5.74, 6) is 0.133. The minimum atomic E-state index is -0.177. The lowest BCUT2D eigenvalue weighted by Gasteiger charge is -2.13. The van der Waals surface area contributed by atoms with Crippen LogP contribution in [-0.4, -0.2) is 12.0 Å². The summed E-state index contributed by atoms with van der Waals surface area (Å²) in [6.07, 6.45) is 1.01. The predicted octanol–water partition coefficient (Wildman–Crippen LogP) is 4.41. The molecule has 0 bridgehead atoms. The summed E-state index contributed by atoms with van der Waals surface area (Å²) in [5.41, 5.74) is 6.10. The van der Waals surface area contributed by atoms with E-state index in [1.54, 1.807) is 6.07 Å². The molecule has 1 heterocycles. The smallest absolute Gasteiger partial charge is 0.123 e. The van der Waals surface area contributed by atoms with E-state index in [0.717, 1.165) is 23.0 Å². The Bertz CT molecular complexity index is 850. The summed E-state index contributed by atoms with van der Waals surface area (Å²) in [4.78, 5) is 3.41. The molecule has 2 aromatic carbocycles. The monoisotopic (exact) mass is 294 g/mol. The van der Waals surface area contributed by atoms with E-state index in [-0.39, 0.29) is 5.82 Å². The zero-order chi connectivity index (χ0) is 15.3. The Labute approximate surface area is 129 Å². The van der Waals surface area contributed by atoms with Gasteiger partial charge in [-0.3, -0.25) is 0 Å². The molecule has 2 unspecified atom stereocenters. The number of aromatic amines is 1. The molecule has 3 aromatic rings. The average Bonchev–Trinajstić information content (AvgIpc) is 3.04. The quantitative estimate of drug-likeness (QED) is 0.720. The zero-order valence-corrected chi connectivity index (χ0v) is 12.8. The molecule has 2 atom stereocenters. The minimum absolute atomic E-state index is 0.177. The molecular weight excluding hydrogens is 275 g/mol. The fourth-order valence-electron chi connectivity index (χ4n) is 3.95. The van der Waals surface area contributed by atoms with E-state index in [1.807, 2.05) is 13.1 Å². The van der Waals surface area contributed by atoms with Crippen LogP contribution >= 0.6 is 0 Å². The zero-order valence-electron chi connectivity index (χ0n) is 12.8. The number of benzene rings is 2. The second-order valence-electron chi connectivity index (χ2n) is 6.11. The molecule has 0 spiro atoms. The molecule has 0 saturated carbocycles. The highest BCUT2D eigenvalue weighted by atomic mass is 19.1. The Morgan fingerprint density at radius 2 is 1.91 bits per heavy atom. The van der Waals surface area contributed by atoms with Crippen molar-refractivity contribution in [1.29, 1.82) is 0 Å². The molecule has 2 N–H and O–H groups in total. The molecule has 0 radical (unpaired) electrons. The number of nitrogens with one attached hydrogen (secondary N) is 2. The summed E-state index contributed by atoms with van der Waals surface area (Å²) in [7, 11) is 2.01. The van der Waals surface area contributed by atoms with Gasteiger partial charge in [0, 0.05) is 28.6 Å². The molecule has 112 valence electrons. The van der Waals surface area contributed by atoms with Gasteiger partial charge in [-0.05, 0) is 55.3 Å². The Morgan fingerprint density at radius 3 is 2.68 bits per heavy atom. The number of H-pyrrole nitrogens is 1. The fourth-order valence-corrected chi connectivity index (χ4v) is 3.95. The van der Waals surface area contributed by atoms with Crippen molar-refractivity contribution in [1.82, 2.24) is 10.3 Å². The van der Waals surface area contributed by atoms with E-state index in [0.29, 0.717) is 12.0 Å². The summed E-state index contributed by atoms with van der Waals surface area (Å²) < 4.78 is 13.7. The summed E-state index contributed by atoms with van der Waals surface area (Å²) in [5, 5.41) is 4.42. The van der Waals surface area contributed by atoms with Crippen molar-refractivity contribution in [3.8, 4) is 0 Å². The molecule has 3 heteroatoms. The first-order valence-electron chi connectivity index (χ1n) is 7.73. The van der Waals surface area contributed by atoms with Crippen LogP contribution in [0.3, 0.4) is 0 Å². The van der Waals surface area contributed by atoms with Gasteiger partial charge in [-0.25, -0.2) is 4.39 Å². The number of hydrogen-bond acceptors (Lipinski definition) is 1. The third-order valence-corrected chi connectivity index (χ3v) is 4.91. The van der Waals surface area contributed by atoms with Crippen LogP contribution in [0.25, 0.3) is 10.9 Å². The van der Waals surface area contributed by atoms with Crippen LogP contribution in [0.5, 0.6) is 0 Å². The molecular formula is C19H19FN2. The normalized spacial score (nSPS) is 20.5. The van der Waals surface area contributed by atoms with Crippen molar-refractivity contribution in [3.63, 3.8) is 0 Å². The van der Waals surface area contributed by atoms with Crippen LogP contribution in [0, 0.1) is 12.7 Å². The van der Waals surface area contributed by atoms with Crippen molar-refractivity contribution in [2.75, 3.05) is 7.05 Å². The number of aryl methyl sites for hydroxylation is 1. The lowest BCUT2D eigenvalue weighted by molar-refractivity contribution is 0.565. The van der Waals surface area contributed by atoms with Gasteiger partial charge >= 0.3 is 0 Å². The third kappa shape index (κ3) is 1.89. The maximum atomic E-state index is 13.7. The van der Waals surface area contributed by atoms with Gasteiger partial charge in [0.15, 0.2) is 0 Å². The van der Waals surface area contributed by atoms with Crippen molar-refractivity contribution < 1.29 is 4.39 Å². The van der Waals surface area contributed by atoms with Crippen LogP contribution in [0.4, 0.5) is 4.39 Å². The minimum Gasteiger partial charge on any atom is -0.358 e.